The van der Waals surface area contributed by atoms with Gasteiger partial charge in [0, 0.05) is 6.08 Å². The molecule has 0 amide bonds. The number of carboxylic acids is 1. The van der Waals surface area contributed by atoms with Crippen molar-refractivity contribution in [2.24, 2.45) is 0 Å². The average molecular weight is 342 g/mol. The minimum Gasteiger partial charge on any atom is -0.504 e. The van der Waals surface area contributed by atoms with E-state index in [1.54, 1.807) is 0 Å². The van der Waals surface area contributed by atoms with E-state index in [1.807, 2.05) is 0 Å². The molecule has 9 nitrogen and oxygen atoms in total. The Hall–Kier alpha value is -2.17. The molecule has 1 unspecified atom stereocenters. The minimum absolute atomic E-state index is 0.0909. The van der Waals surface area contributed by atoms with Crippen molar-refractivity contribution in [2.75, 3.05) is 6.61 Å². The lowest BCUT2D eigenvalue weighted by atomic mass is 9.99. The number of hydrogen-bond acceptors (Lipinski definition) is 8. The molecule has 0 bridgehead atoms. The van der Waals surface area contributed by atoms with Crippen molar-refractivity contribution < 1.29 is 44.9 Å². The van der Waals surface area contributed by atoms with E-state index in [0.717, 1.165) is 6.08 Å². The average Bonchev–Trinajstić information content (AvgIpc) is 2.55. The molecule has 0 radical (unpaired) electrons. The van der Waals surface area contributed by atoms with E-state index in [2.05, 4.69) is 0 Å². The Labute approximate surface area is 136 Å². The van der Waals surface area contributed by atoms with E-state index in [-0.39, 0.29) is 11.5 Å². The first-order valence-corrected chi connectivity index (χ1v) is 7.04. The Bertz CT molecular complexity index is 613. The summed E-state index contributed by atoms with van der Waals surface area (Å²) < 4.78 is 10.4. The zero-order chi connectivity index (χ0) is 17.9. The molecule has 0 aromatic heterocycles. The third kappa shape index (κ3) is 4.02. The van der Waals surface area contributed by atoms with Gasteiger partial charge < -0.3 is 40.1 Å². The molecular formula is C15H18O9. The molecule has 0 saturated carbocycles. The number of carboxylic acid groups (broad SMARTS) is 1. The second-order valence-electron chi connectivity index (χ2n) is 5.21. The van der Waals surface area contributed by atoms with Gasteiger partial charge in [0.2, 0.25) is 6.29 Å². The maximum Gasteiger partial charge on any atom is 0.328 e. The Balaban J connectivity index is 2.13. The zero-order valence-corrected chi connectivity index (χ0v) is 12.4. The summed E-state index contributed by atoms with van der Waals surface area (Å²) in [6.07, 6.45) is -5.11. The largest absolute Gasteiger partial charge is 0.504 e. The summed E-state index contributed by atoms with van der Waals surface area (Å²) in [7, 11) is 0. The molecule has 1 saturated heterocycles. The number of aromatic hydroxyl groups is 1. The maximum atomic E-state index is 10.5. The van der Waals surface area contributed by atoms with Gasteiger partial charge in [-0.1, -0.05) is 6.07 Å². The molecule has 0 aliphatic carbocycles. The molecule has 5 atom stereocenters. The Kier molecular flexibility index (Phi) is 5.75. The predicted molar refractivity (Wildman–Crippen MR) is 79.2 cm³/mol. The number of aliphatic hydroxyl groups excluding tert-OH is 4. The number of phenols is 1. The normalized spacial score (nSPS) is 30.4. The first-order chi connectivity index (χ1) is 11.3. The van der Waals surface area contributed by atoms with Crippen molar-refractivity contribution in [2.45, 2.75) is 30.7 Å². The molecule has 1 aromatic rings. The standard InChI is InChI=1S/C15H18O9/c16-6-10-12(20)13(21)14(22)15(24-10)23-9-3-1-7(5-8(9)17)2-4-11(18)19/h1-5,10,12-17,20-22H,6H2,(H,18,19)/t10-,12-,13+,14-,15?/m1/s1. The first-order valence-electron chi connectivity index (χ1n) is 7.04. The fraction of sp³-hybridized carbons (Fsp3) is 0.400. The highest BCUT2D eigenvalue weighted by atomic mass is 16.7. The summed E-state index contributed by atoms with van der Waals surface area (Å²) in [5.74, 6) is -1.58. The molecule has 2 rings (SSSR count). The molecule has 6 N–H and O–H groups in total. The number of ether oxygens (including phenoxy) is 2. The highest BCUT2D eigenvalue weighted by molar-refractivity contribution is 5.85. The van der Waals surface area contributed by atoms with Crippen molar-refractivity contribution in [3.05, 3.63) is 29.8 Å². The van der Waals surface area contributed by atoms with Gasteiger partial charge in [-0.25, -0.2) is 4.79 Å². The number of aliphatic carboxylic acids is 1. The number of aliphatic hydroxyl groups is 4. The van der Waals surface area contributed by atoms with Crippen LogP contribution in [0.2, 0.25) is 0 Å². The molecule has 1 fully saturated rings. The summed E-state index contributed by atoms with van der Waals surface area (Å²) in [5, 5.41) is 56.8. The van der Waals surface area contributed by atoms with Gasteiger partial charge in [0.1, 0.15) is 24.4 Å². The van der Waals surface area contributed by atoms with Gasteiger partial charge in [-0.05, 0) is 23.8 Å². The molecule has 9 heteroatoms. The third-order valence-electron chi connectivity index (χ3n) is 3.49. The van der Waals surface area contributed by atoms with Crippen LogP contribution < -0.4 is 4.74 Å². The quantitative estimate of drug-likeness (QED) is 0.357. The third-order valence-corrected chi connectivity index (χ3v) is 3.49. The lowest BCUT2D eigenvalue weighted by Crippen LogP contribution is -2.60. The van der Waals surface area contributed by atoms with Crippen LogP contribution in [0, 0.1) is 0 Å². The molecular weight excluding hydrogens is 324 g/mol. The van der Waals surface area contributed by atoms with Crippen molar-refractivity contribution in [1.82, 2.24) is 0 Å². The summed E-state index contributed by atoms with van der Waals surface area (Å²) in [6, 6.07) is 4.01. The Morgan fingerprint density at radius 1 is 1.21 bits per heavy atom. The highest BCUT2D eigenvalue weighted by Crippen LogP contribution is 2.31. The summed E-state index contributed by atoms with van der Waals surface area (Å²) in [5.41, 5.74) is 0.399. The van der Waals surface area contributed by atoms with Crippen LogP contribution in [0.15, 0.2) is 24.3 Å². The second-order valence-corrected chi connectivity index (χ2v) is 5.21. The number of benzene rings is 1. The molecule has 0 spiro atoms. The maximum absolute atomic E-state index is 10.5. The summed E-state index contributed by atoms with van der Waals surface area (Å²) >= 11 is 0. The lowest BCUT2D eigenvalue weighted by molar-refractivity contribution is -0.277. The lowest BCUT2D eigenvalue weighted by Gasteiger charge is -2.39. The van der Waals surface area contributed by atoms with E-state index in [0.29, 0.717) is 5.56 Å². The number of phenolic OH excluding ortho intramolecular Hbond substituents is 1. The van der Waals surface area contributed by atoms with Gasteiger partial charge >= 0.3 is 5.97 Å². The second kappa shape index (κ2) is 7.60. The van der Waals surface area contributed by atoms with Gasteiger partial charge in [0.25, 0.3) is 0 Å². The Morgan fingerprint density at radius 3 is 2.50 bits per heavy atom. The van der Waals surface area contributed by atoms with Gasteiger partial charge in [-0.2, -0.15) is 0 Å². The van der Waals surface area contributed by atoms with Crippen molar-refractivity contribution in [3.8, 4) is 11.5 Å². The minimum atomic E-state index is -1.60. The fourth-order valence-electron chi connectivity index (χ4n) is 2.20. The molecule has 1 aliphatic heterocycles. The van der Waals surface area contributed by atoms with Crippen molar-refractivity contribution in [1.29, 1.82) is 0 Å². The molecule has 24 heavy (non-hydrogen) atoms. The fourth-order valence-corrected chi connectivity index (χ4v) is 2.20. The van der Waals surface area contributed by atoms with Crippen LogP contribution in [-0.4, -0.2) is 73.9 Å². The van der Waals surface area contributed by atoms with E-state index in [9.17, 15) is 25.2 Å². The van der Waals surface area contributed by atoms with Crippen LogP contribution in [0.25, 0.3) is 6.08 Å². The van der Waals surface area contributed by atoms with E-state index in [1.165, 1.54) is 24.3 Å². The predicted octanol–water partition coefficient (Wildman–Crippen LogP) is -1.33. The highest BCUT2D eigenvalue weighted by Gasteiger charge is 2.44. The zero-order valence-electron chi connectivity index (χ0n) is 12.4. The van der Waals surface area contributed by atoms with Crippen LogP contribution >= 0.6 is 0 Å². The van der Waals surface area contributed by atoms with E-state index >= 15 is 0 Å². The SMILES string of the molecule is O=C(O)C=Cc1ccc(OC2O[C@H](CO)[C@@H](O)[C@H](O)[C@H]2O)c(O)c1. The van der Waals surface area contributed by atoms with E-state index in [4.69, 9.17) is 19.7 Å². The number of hydrogen-bond donors (Lipinski definition) is 6. The van der Waals surface area contributed by atoms with Crippen molar-refractivity contribution >= 4 is 12.0 Å². The van der Waals surface area contributed by atoms with Gasteiger partial charge in [-0.15, -0.1) is 0 Å². The van der Waals surface area contributed by atoms with Crippen molar-refractivity contribution in [3.63, 3.8) is 0 Å². The van der Waals surface area contributed by atoms with Crippen LogP contribution in [0.3, 0.4) is 0 Å². The van der Waals surface area contributed by atoms with Crippen LogP contribution in [0.4, 0.5) is 0 Å². The first kappa shape index (κ1) is 18.2. The molecule has 132 valence electrons. The topological polar surface area (TPSA) is 157 Å². The van der Waals surface area contributed by atoms with E-state index < -0.39 is 43.3 Å². The molecule has 1 aliphatic rings. The molecule has 1 heterocycles. The smallest absolute Gasteiger partial charge is 0.328 e. The Morgan fingerprint density at radius 2 is 1.92 bits per heavy atom. The number of carbonyl (C=O) groups is 1. The van der Waals surface area contributed by atoms with Crippen LogP contribution in [0.5, 0.6) is 11.5 Å². The summed E-state index contributed by atoms with van der Waals surface area (Å²) in [4.78, 5) is 10.5. The molecule has 1 aromatic carbocycles. The van der Waals surface area contributed by atoms with Crippen LogP contribution in [-0.2, 0) is 9.53 Å². The van der Waals surface area contributed by atoms with Gasteiger partial charge in [0.15, 0.2) is 11.5 Å². The van der Waals surface area contributed by atoms with Gasteiger partial charge in [-0.3, -0.25) is 0 Å². The van der Waals surface area contributed by atoms with Crippen LogP contribution in [0.1, 0.15) is 5.56 Å². The monoisotopic (exact) mass is 342 g/mol. The van der Waals surface area contributed by atoms with Gasteiger partial charge in [0.05, 0.1) is 6.61 Å². The summed E-state index contributed by atoms with van der Waals surface area (Å²) in [6.45, 7) is -0.601. The number of rotatable bonds is 5.